The molecule has 0 saturated heterocycles. The van der Waals surface area contributed by atoms with Crippen LogP contribution in [0.5, 0.6) is 0 Å². The molecule has 0 atom stereocenters. The molecule has 0 bridgehead atoms. The summed E-state index contributed by atoms with van der Waals surface area (Å²) < 4.78 is 12.6. The Bertz CT molecular complexity index is 309. The predicted molar refractivity (Wildman–Crippen MR) is 45.4 cm³/mol. The molecule has 2 N–H and O–H groups in total. The Balaban J connectivity index is 3.05. The molecule has 12 heavy (non-hydrogen) atoms. The molecular formula is C9H10FNO. The zero-order chi connectivity index (χ0) is 9.14. The normalized spacial score (nSPS) is 9.83. The third-order valence-electron chi connectivity index (χ3n) is 1.64. The van der Waals surface area contributed by atoms with E-state index in [1.807, 2.05) is 0 Å². The van der Waals surface area contributed by atoms with E-state index in [0.717, 1.165) is 0 Å². The van der Waals surface area contributed by atoms with Gasteiger partial charge >= 0.3 is 0 Å². The van der Waals surface area contributed by atoms with Crippen molar-refractivity contribution in [2.45, 2.75) is 13.3 Å². The van der Waals surface area contributed by atoms with Crippen LogP contribution in [0, 0.1) is 5.82 Å². The minimum absolute atomic E-state index is 0.0225. The number of nitrogen functional groups attached to an aromatic ring is 1. The standard InChI is InChI=1S/C9H10FNO/c1-2-9(12)6-3-4-7(10)8(11)5-6/h3-5H,2,11H2,1H3. The van der Waals surface area contributed by atoms with Gasteiger partial charge in [-0.1, -0.05) is 6.92 Å². The number of nitrogens with two attached hydrogens (primary N) is 1. The van der Waals surface area contributed by atoms with Crippen molar-refractivity contribution in [3.63, 3.8) is 0 Å². The lowest BCUT2D eigenvalue weighted by molar-refractivity contribution is 0.0988. The van der Waals surface area contributed by atoms with Gasteiger partial charge in [0, 0.05) is 12.0 Å². The lowest BCUT2D eigenvalue weighted by Gasteiger charge is -1.99. The minimum atomic E-state index is -0.484. The fourth-order valence-electron chi connectivity index (χ4n) is 0.921. The van der Waals surface area contributed by atoms with Gasteiger partial charge in [-0.2, -0.15) is 0 Å². The topological polar surface area (TPSA) is 43.1 Å². The summed E-state index contributed by atoms with van der Waals surface area (Å²) in [6.45, 7) is 1.75. The summed E-state index contributed by atoms with van der Waals surface area (Å²) in [5, 5.41) is 0. The van der Waals surface area contributed by atoms with Gasteiger partial charge in [0.05, 0.1) is 5.69 Å². The maximum Gasteiger partial charge on any atom is 0.162 e. The Morgan fingerprint density at radius 1 is 1.58 bits per heavy atom. The first kappa shape index (κ1) is 8.71. The number of benzene rings is 1. The molecule has 1 aromatic carbocycles. The van der Waals surface area contributed by atoms with E-state index in [-0.39, 0.29) is 11.5 Å². The first-order chi connectivity index (χ1) is 5.65. The van der Waals surface area contributed by atoms with E-state index in [2.05, 4.69) is 0 Å². The molecule has 0 amide bonds. The number of hydrogen-bond acceptors (Lipinski definition) is 2. The summed E-state index contributed by atoms with van der Waals surface area (Å²) >= 11 is 0. The van der Waals surface area contributed by atoms with Crippen LogP contribution in [-0.2, 0) is 0 Å². The van der Waals surface area contributed by atoms with Crippen LogP contribution >= 0.6 is 0 Å². The van der Waals surface area contributed by atoms with Crippen molar-refractivity contribution in [1.82, 2.24) is 0 Å². The van der Waals surface area contributed by atoms with Gasteiger partial charge in [0.2, 0.25) is 0 Å². The maximum atomic E-state index is 12.6. The van der Waals surface area contributed by atoms with Crippen molar-refractivity contribution in [2.24, 2.45) is 0 Å². The van der Waals surface area contributed by atoms with Crippen molar-refractivity contribution in [3.05, 3.63) is 29.6 Å². The van der Waals surface area contributed by atoms with E-state index in [1.54, 1.807) is 6.92 Å². The van der Waals surface area contributed by atoms with Crippen LogP contribution in [0.1, 0.15) is 23.7 Å². The predicted octanol–water partition coefficient (Wildman–Crippen LogP) is 2.00. The second kappa shape index (κ2) is 3.34. The van der Waals surface area contributed by atoms with Crippen molar-refractivity contribution >= 4 is 11.5 Å². The van der Waals surface area contributed by atoms with Crippen LogP contribution in [0.2, 0.25) is 0 Å². The van der Waals surface area contributed by atoms with Gasteiger partial charge in [-0.05, 0) is 18.2 Å². The Hall–Kier alpha value is -1.38. The second-order valence-corrected chi connectivity index (χ2v) is 2.51. The van der Waals surface area contributed by atoms with Crippen molar-refractivity contribution in [2.75, 3.05) is 5.73 Å². The van der Waals surface area contributed by atoms with Crippen LogP contribution in [0.4, 0.5) is 10.1 Å². The zero-order valence-corrected chi connectivity index (χ0v) is 6.80. The first-order valence-corrected chi connectivity index (χ1v) is 3.73. The smallest absolute Gasteiger partial charge is 0.162 e. The number of anilines is 1. The number of halogens is 1. The second-order valence-electron chi connectivity index (χ2n) is 2.51. The van der Waals surface area contributed by atoms with Crippen LogP contribution < -0.4 is 5.73 Å². The number of Topliss-reactive ketones (excluding diaryl/α,β-unsaturated/α-hetero) is 1. The van der Waals surface area contributed by atoms with Crippen LogP contribution in [0.15, 0.2) is 18.2 Å². The Labute approximate surface area is 70.2 Å². The van der Waals surface area contributed by atoms with Gasteiger partial charge in [0.1, 0.15) is 5.82 Å². The molecule has 0 aliphatic carbocycles. The van der Waals surface area contributed by atoms with E-state index < -0.39 is 5.82 Å². The third-order valence-corrected chi connectivity index (χ3v) is 1.64. The Morgan fingerprint density at radius 3 is 2.75 bits per heavy atom. The van der Waals surface area contributed by atoms with E-state index >= 15 is 0 Å². The highest BCUT2D eigenvalue weighted by Crippen LogP contribution is 2.13. The first-order valence-electron chi connectivity index (χ1n) is 3.73. The van der Waals surface area contributed by atoms with Crippen molar-refractivity contribution < 1.29 is 9.18 Å². The molecule has 0 spiro atoms. The molecule has 0 unspecified atom stereocenters. The number of hydrogen-bond donors (Lipinski definition) is 1. The van der Waals surface area contributed by atoms with E-state index in [9.17, 15) is 9.18 Å². The van der Waals surface area contributed by atoms with Crippen LogP contribution in [0.25, 0.3) is 0 Å². The highest BCUT2D eigenvalue weighted by Gasteiger charge is 2.05. The van der Waals surface area contributed by atoms with E-state index in [1.165, 1.54) is 18.2 Å². The largest absolute Gasteiger partial charge is 0.396 e. The molecule has 2 nitrogen and oxygen atoms in total. The maximum absolute atomic E-state index is 12.6. The molecule has 1 rings (SSSR count). The van der Waals surface area contributed by atoms with Crippen LogP contribution in [0.3, 0.4) is 0 Å². The van der Waals surface area contributed by atoms with Gasteiger partial charge in [0.15, 0.2) is 5.78 Å². The highest BCUT2D eigenvalue weighted by molar-refractivity contribution is 5.96. The van der Waals surface area contributed by atoms with Gasteiger partial charge < -0.3 is 5.73 Å². The van der Waals surface area contributed by atoms with Gasteiger partial charge in [-0.25, -0.2) is 4.39 Å². The monoisotopic (exact) mass is 167 g/mol. The molecule has 64 valence electrons. The van der Waals surface area contributed by atoms with E-state index in [0.29, 0.717) is 12.0 Å². The molecule has 0 saturated carbocycles. The van der Waals surface area contributed by atoms with Crippen molar-refractivity contribution in [3.8, 4) is 0 Å². The Kier molecular flexibility index (Phi) is 2.43. The zero-order valence-electron chi connectivity index (χ0n) is 6.80. The molecule has 0 fully saturated rings. The lowest BCUT2D eigenvalue weighted by atomic mass is 10.1. The summed E-state index contributed by atoms with van der Waals surface area (Å²) in [5.41, 5.74) is 5.78. The van der Waals surface area contributed by atoms with E-state index in [4.69, 9.17) is 5.73 Å². The number of carbonyl (C=O) groups is 1. The number of rotatable bonds is 2. The van der Waals surface area contributed by atoms with Gasteiger partial charge in [-0.15, -0.1) is 0 Å². The SMILES string of the molecule is CCC(=O)c1ccc(F)c(N)c1. The number of carbonyl (C=O) groups excluding carboxylic acids is 1. The molecule has 0 heterocycles. The van der Waals surface area contributed by atoms with Crippen molar-refractivity contribution in [1.29, 1.82) is 0 Å². The summed E-state index contributed by atoms with van der Waals surface area (Å²) in [7, 11) is 0. The molecule has 0 aliphatic heterocycles. The fourth-order valence-corrected chi connectivity index (χ4v) is 0.921. The quantitative estimate of drug-likeness (QED) is 0.540. The Morgan fingerprint density at radius 2 is 2.25 bits per heavy atom. The lowest BCUT2D eigenvalue weighted by Crippen LogP contribution is -1.99. The van der Waals surface area contributed by atoms with Crippen LogP contribution in [-0.4, -0.2) is 5.78 Å². The summed E-state index contributed by atoms with van der Waals surface area (Å²) in [6.07, 6.45) is 0.408. The molecule has 0 radical (unpaired) electrons. The average molecular weight is 167 g/mol. The molecule has 3 heteroatoms. The summed E-state index contributed by atoms with van der Waals surface area (Å²) in [6, 6.07) is 4.01. The fraction of sp³-hybridized carbons (Fsp3) is 0.222. The summed E-state index contributed by atoms with van der Waals surface area (Å²) in [4.78, 5) is 11.1. The van der Waals surface area contributed by atoms with Gasteiger partial charge in [-0.3, -0.25) is 4.79 Å². The average Bonchev–Trinajstić information content (AvgIpc) is 2.08. The molecule has 0 aromatic heterocycles. The summed E-state index contributed by atoms with van der Waals surface area (Å²) in [5.74, 6) is -0.510. The minimum Gasteiger partial charge on any atom is -0.396 e. The molecule has 0 aliphatic rings. The molecular weight excluding hydrogens is 157 g/mol. The number of ketones is 1. The van der Waals surface area contributed by atoms with Gasteiger partial charge in [0.25, 0.3) is 0 Å². The molecule has 1 aromatic rings. The highest BCUT2D eigenvalue weighted by atomic mass is 19.1. The third kappa shape index (κ3) is 1.61.